The first-order valence-corrected chi connectivity index (χ1v) is 7.55. The second-order valence-corrected chi connectivity index (χ2v) is 5.78. The Balaban J connectivity index is 2.27. The van der Waals surface area contributed by atoms with Crippen LogP contribution in [0.25, 0.3) is 11.0 Å². The van der Waals surface area contributed by atoms with Gasteiger partial charge < -0.3 is 15.2 Å². The molecule has 0 saturated carbocycles. The fourth-order valence-electron chi connectivity index (χ4n) is 3.29. The highest BCUT2D eigenvalue weighted by molar-refractivity contribution is 6.68. The average Bonchev–Trinajstić information content (AvgIpc) is 2.66. The van der Waals surface area contributed by atoms with Gasteiger partial charge in [-0.2, -0.15) is 0 Å². The molecule has 0 atom stereocenters. The summed E-state index contributed by atoms with van der Waals surface area (Å²) in [5.41, 5.74) is 5.51. The van der Waals surface area contributed by atoms with Crippen LogP contribution in [0.1, 0.15) is 35.1 Å². The monoisotopic (exact) mass is 294 g/mol. The van der Waals surface area contributed by atoms with Crippen LogP contribution in [0, 0.1) is 6.92 Å². The van der Waals surface area contributed by atoms with E-state index in [9.17, 15) is 15.2 Å². The minimum absolute atomic E-state index is 0.213. The van der Waals surface area contributed by atoms with Crippen LogP contribution in [0.3, 0.4) is 0 Å². The predicted octanol–water partition coefficient (Wildman–Crippen LogP) is 2.96. The normalized spacial score (nSPS) is 14.5. The Bertz CT molecular complexity index is 735. The van der Waals surface area contributed by atoms with Crippen LogP contribution in [0.4, 0.5) is 0 Å². The number of aryl methyl sites for hydroxylation is 2. The molecule has 0 amide bonds. The van der Waals surface area contributed by atoms with Crippen molar-refractivity contribution in [2.75, 3.05) is 0 Å². The van der Waals surface area contributed by atoms with Crippen LogP contribution >= 0.6 is 0 Å². The summed E-state index contributed by atoms with van der Waals surface area (Å²) < 4.78 is 0. The van der Waals surface area contributed by atoms with Gasteiger partial charge in [0, 0.05) is 0 Å². The fourth-order valence-corrected chi connectivity index (χ4v) is 3.29. The van der Waals surface area contributed by atoms with Crippen molar-refractivity contribution in [2.24, 2.45) is 0 Å². The van der Waals surface area contributed by atoms with Gasteiger partial charge in [0.05, 0.1) is 0 Å². The van der Waals surface area contributed by atoms with Crippen LogP contribution in [-0.2, 0) is 6.42 Å². The molecule has 2 aromatic rings. The second-order valence-electron chi connectivity index (χ2n) is 5.78. The summed E-state index contributed by atoms with van der Waals surface area (Å²) in [7, 11) is -1.53. The molecule has 0 heterocycles. The second kappa shape index (κ2) is 5.99. The minimum Gasteiger partial charge on any atom is -0.508 e. The van der Waals surface area contributed by atoms with Gasteiger partial charge >= 0.3 is 7.12 Å². The Morgan fingerprint density at radius 1 is 0.955 bits per heavy atom. The maximum absolute atomic E-state index is 9.98. The third kappa shape index (κ3) is 2.67. The van der Waals surface area contributed by atoms with E-state index in [2.05, 4.69) is 0 Å². The quantitative estimate of drug-likeness (QED) is 0.746. The van der Waals surface area contributed by atoms with Gasteiger partial charge in [-0.3, -0.25) is 0 Å². The summed E-state index contributed by atoms with van der Waals surface area (Å²) in [5, 5.41) is 29.6. The van der Waals surface area contributed by atoms with E-state index in [1.165, 1.54) is 0 Å². The molecule has 0 spiro atoms. The van der Waals surface area contributed by atoms with Gasteiger partial charge in [0.15, 0.2) is 0 Å². The Kier molecular flexibility index (Phi) is 4.05. The van der Waals surface area contributed by atoms with Crippen molar-refractivity contribution in [3.8, 4) is 5.75 Å². The number of hydrogen-bond acceptors (Lipinski definition) is 3. The van der Waals surface area contributed by atoms with Gasteiger partial charge in [-0.1, -0.05) is 30.3 Å². The van der Waals surface area contributed by atoms with Gasteiger partial charge in [0.1, 0.15) is 5.75 Å². The van der Waals surface area contributed by atoms with E-state index in [-0.39, 0.29) is 5.75 Å². The zero-order chi connectivity index (χ0) is 15.7. The molecule has 4 heteroatoms. The highest BCUT2D eigenvalue weighted by atomic mass is 16.4. The van der Waals surface area contributed by atoms with E-state index in [1.54, 1.807) is 18.2 Å². The molecule has 0 unspecified atom stereocenters. The summed E-state index contributed by atoms with van der Waals surface area (Å²) in [4.78, 5) is 0. The van der Waals surface area contributed by atoms with Crippen LogP contribution in [-0.4, -0.2) is 22.3 Å². The van der Waals surface area contributed by atoms with E-state index >= 15 is 0 Å². The van der Waals surface area contributed by atoms with E-state index in [4.69, 9.17) is 0 Å². The first-order valence-electron chi connectivity index (χ1n) is 7.55. The number of hydrogen-bond donors (Lipinski definition) is 3. The first kappa shape index (κ1) is 14.9. The molecule has 0 radical (unpaired) electrons. The van der Waals surface area contributed by atoms with Gasteiger partial charge in [0.25, 0.3) is 0 Å². The largest absolute Gasteiger partial charge is 0.508 e. The van der Waals surface area contributed by atoms with Crippen LogP contribution in [0.2, 0.25) is 0 Å². The molecule has 1 aliphatic carbocycles. The van der Waals surface area contributed by atoms with Gasteiger partial charge in [-0.15, -0.1) is 0 Å². The lowest BCUT2D eigenvalue weighted by atomic mass is 9.69. The summed E-state index contributed by atoms with van der Waals surface area (Å²) in [5.74, 6) is 0.213. The number of allylic oxidation sites excluding steroid dienone is 1. The smallest absolute Gasteiger partial charge is 0.489 e. The lowest BCUT2D eigenvalue weighted by Crippen LogP contribution is -2.17. The summed E-state index contributed by atoms with van der Waals surface area (Å²) in [6.07, 6.45) is 2.51. The zero-order valence-electron chi connectivity index (χ0n) is 12.6. The van der Waals surface area contributed by atoms with E-state index in [0.29, 0.717) is 5.47 Å². The van der Waals surface area contributed by atoms with Crippen molar-refractivity contribution < 1.29 is 15.2 Å². The molecule has 3 rings (SSSR count). The zero-order valence-corrected chi connectivity index (χ0v) is 12.6. The van der Waals surface area contributed by atoms with Gasteiger partial charge in [-0.05, 0) is 71.6 Å². The van der Waals surface area contributed by atoms with E-state index in [1.807, 2.05) is 31.2 Å². The van der Waals surface area contributed by atoms with Crippen molar-refractivity contribution in [3.05, 3.63) is 64.7 Å². The highest BCUT2D eigenvalue weighted by Gasteiger charge is 2.27. The van der Waals surface area contributed by atoms with Crippen molar-refractivity contribution >= 4 is 18.2 Å². The average molecular weight is 294 g/mol. The lowest BCUT2D eigenvalue weighted by Gasteiger charge is -2.16. The molecule has 2 aromatic carbocycles. The third-order valence-corrected chi connectivity index (χ3v) is 4.31. The summed E-state index contributed by atoms with van der Waals surface area (Å²) >= 11 is 0. The standard InChI is InChI=1S/C18H19BO3/c1-12-5-2-3-7-15(12)17-8-4-6-13-11-14(20)9-10-16(13)18(17)19(21)22/h2-3,5,7,9-11,20-22H,4,6,8H2,1H3. The number of fused-ring (bicyclic) bond motifs is 1. The van der Waals surface area contributed by atoms with Crippen LogP contribution < -0.4 is 0 Å². The SMILES string of the molecule is Cc1ccccc1C1=C(B(O)O)c2ccc(O)cc2CCC1. The molecular formula is C18H19BO3. The molecule has 0 saturated heterocycles. The Hall–Kier alpha value is -2.04. The fraction of sp³-hybridized carbons (Fsp3) is 0.222. The molecule has 3 N–H and O–H groups in total. The number of aromatic hydroxyl groups is 1. The van der Waals surface area contributed by atoms with Crippen LogP contribution in [0.5, 0.6) is 5.75 Å². The predicted molar refractivity (Wildman–Crippen MR) is 89.2 cm³/mol. The molecular weight excluding hydrogens is 275 g/mol. The molecule has 22 heavy (non-hydrogen) atoms. The lowest BCUT2D eigenvalue weighted by molar-refractivity contribution is 0.427. The Morgan fingerprint density at radius 2 is 1.73 bits per heavy atom. The van der Waals surface area contributed by atoms with Crippen molar-refractivity contribution in [1.29, 1.82) is 0 Å². The van der Waals surface area contributed by atoms with Crippen LogP contribution in [0.15, 0.2) is 42.5 Å². The Morgan fingerprint density at radius 3 is 2.45 bits per heavy atom. The summed E-state index contributed by atoms with van der Waals surface area (Å²) in [6, 6.07) is 13.1. The first-order chi connectivity index (χ1) is 10.6. The molecule has 3 nitrogen and oxygen atoms in total. The minimum atomic E-state index is -1.53. The highest BCUT2D eigenvalue weighted by Crippen LogP contribution is 2.38. The Labute approximate surface area is 130 Å². The van der Waals surface area contributed by atoms with E-state index in [0.717, 1.165) is 47.1 Å². The molecule has 0 aromatic heterocycles. The number of phenols is 1. The topological polar surface area (TPSA) is 60.7 Å². The van der Waals surface area contributed by atoms with E-state index < -0.39 is 7.12 Å². The number of rotatable bonds is 2. The molecule has 0 bridgehead atoms. The molecule has 1 aliphatic rings. The van der Waals surface area contributed by atoms with Gasteiger partial charge in [-0.25, -0.2) is 0 Å². The maximum atomic E-state index is 9.98. The van der Waals surface area contributed by atoms with Crippen molar-refractivity contribution in [3.63, 3.8) is 0 Å². The number of phenolic OH excluding ortho intramolecular Hbond substituents is 1. The maximum Gasteiger partial charge on any atom is 0.489 e. The molecule has 0 aliphatic heterocycles. The molecule has 0 fully saturated rings. The number of benzene rings is 2. The summed E-state index contributed by atoms with van der Waals surface area (Å²) in [6.45, 7) is 2.03. The van der Waals surface area contributed by atoms with Crippen molar-refractivity contribution in [2.45, 2.75) is 26.2 Å². The van der Waals surface area contributed by atoms with Crippen molar-refractivity contribution in [1.82, 2.24) is 0 Å². The molecule has 112 valence electrons. The van der Waals surface area contributed by atoms with Gasteiger partial charge in [0.2, 0.25) is 0 Å². The third-order valence-electron chi connectivity index (χ3n) is 4.31.